The van der Waals surface area contributed by atoms with Crippen molar-refractivity contribution in [2.75, 3.05) is 32.8 Å². The number of rotatable bonds is 5. The summed E-state index contributed by atoms with van der Waals surface area (Å²) >= 11 is 0. The van der Waals surface area contributed by atoms with Gasteiger partial charge in [0.25, 0.3) is 0 Å². The molecule has 1 heterocycles. The molecule has 0 amide bonds. The van der Waals surface area contributed by atoms with E-state index in [9.17, 15) is 0 Å². The van der Waals surface area contributed by atoms with Gasteiger partial charge in [-0.1, -0.05) is 0 Å². The minimum atomic E-state index is 0.420. The molecule has 3 heteroatoms. The van der Waals surface area contributed by atoms with Crippen molar-refractivity contribution < 1.29 is 4.74 Å². The van der Waals surface area contributed by atoms with Gasteiger partial charge >= 0.3 is 0 Å². The summed E-state index contributed by atoms with van der Waals surface area (Å²) in [7, 11) is 0. The molecule has 0 bridgehead atoms. The smallest absolute Gasteiger partial charge is 0.0673 e. The molecule has 1 atom stereocenters. The molecule has 0 aromatic rings. The normalized spacial score (nSPS) is 29.0. The van der Waals surface area contributed by atoms with E-state index in [1.807, 2.05) is 0 Å². The van der Waals surface area contributed by atoms with Gasteiger partial charge in [0.1, 0.15) is 0 Å². The predicted octanol–water partition coefficient (Wildman–Crippen LogP) is 1.24. The lowest BCUT2D eigenvalue weighted by Gasteiger charge is -2.21. The molecule has 2 fully saturated rings. The predicted molar refractivity (Wildman–Crippen MR) is 62.1 cm³/mol. The third kappa shape index (κ3) is 4.49. The lowest BCUT2D eigenvalue weighted by molar-refractivity contribution is 0.0676. The standard InChI is InChI=1S/C12H24N2O/c1-11-10-14(8-3-9-15-11)7-2-6-13-12-4-5-12/h11-13H,2-10H2,1H3. The Kier molecular flexibility index (Phi) is 4.42. The molecular weight excluding hydrogens is 188 g/mol. The lowest BCUT2D eigenvalue weighted by atomic mass is 10.3. The van der Waals surface area contributed by atoms with Gasteiger partial charge in [0.15, 0.2) is 0 Å². The fourth-order valence-corrected chi connectivity index (χ4v) is 2.18. The lowest BCUT2D eigenvalue weighted by Crippen LogP contribution is -2.32. The summed E-state index contributed by atoms with van der Waals surface area (Å²) in [4.78, 5) is 2.55. The zero-order chi connectivity index (χ0) is 10.5. The van der Waals surface area contributed by atoms with E-state index in [0.29, 0.717) is 6.10 Å². The average molecular weight is 212 g/mol. The topological polar surface area (TPSA) is 24.5 Å². The first-order chi connectivity index (χ1) is 7.34. The van der Waals surface area contributed by atoms with Gasteiger partial charge in [0.2, 0.25) is 0 Å². The van der Waals surface area contributed by atoms with Crippen molar-refractivity contribution in [2.45, 2.75) is 44.8 Å². The van der Waals surface area contributed by atoms with Gasteiger partial charge in [-0.05, 0) is 45.7 Å². The van der Waals surface area contributed by atoms with Gasteiger partial charge in [-0.2, -0.15) is 0 Å². The fourth-order valence-electron chi connectivity index (χ4n) is 2.18. The summed E-state index contributed by atoms with van der Waals surface area (Å²) in [5.41, 5.74) is 0. The summed E-state index contributed by atoms with van der Waals surface area (Å²) in [5, 5.41) is 3.57. The van der Waals surface area contributed by atoms with E-state index in [4.69, 9.17) is 4.74 Å². The van der Waals surface area contributed by atoms with E-state index in [-0.39, 0.29) is 0 Å². The Balaban J connectivity index is 1.55. The van der Waals surface area contributed by atoms with Crippen molar-refractivity contribution in [1.82, 2.24) is 10.2 Å². The van der Waals surface area contributed by atoms with Gasteiger partial charge in [-0.15, -0.1) is 0 Å². The quantitative estimate of drug-likeness (QED) is 0.694. The van der Waals surface area contributed by atoms with Crippen LogP contribution in [0.15, 0.2) is 0 Å². The summed E-state index contributed by atoms with van der Waals surface area (Å²) in [6, 6.07) is 0.858. The van der Waals surface area contributed by atoms with Crippen LogP contribution in [-0.4, -0.2) is 49.8 Å². The van der Waals surface area contributed by atoms with Gasteiger partial charge in [-0.3, -0.25) is 0 Å². The van der Waals surface area contributed by atoms with Crippen LogP contribution in [0.25, 0.3) is 0 Å². The largest absolute Gasteiger partial charge is 0.377 e. The molecule has 2 aliphatic rings. The third-order valence-electron chi connectivity index (χ3n) is 3.20. The van der Waals surface area contributed by atoms with Crippen LogP contribution in [0.5, 0.6) is 0 Å². The molecular formula is C12H24N2O. The maximum absolute atomic E-state index is 5.63. The van der Waals surface area contributed by atoms with Crippen LogP contribution < -0.4 is 5.32 Å². The van der Waals surface area contributed by atoms with Gasteiger partial charge in [0.05, 0.1) is 6.10 Å². The second-order valence-corrected chi connectivity index (χ2v) is 4.92. The van der Waals surface area contributed by atoms with Crippen molar-refractivity contribution in [3.05, 3.63) is 0 Å². The Morgan fingerprint density at radius 2 is 2.27 bits per heavy atom. The van der Waals surface area contributed by atoms with Crippen molar-refractivity contribution in [1.29, 1.82) is 0 Å². The maximum atomic E-state index is 5.63. The van der Waals surface area contributed by atoms with Gasteiger partial charge in [0, 0.05) is 25.7 Å². The summed E-state index contributed by atoms with van der Waals surface area (Å²) < 4.78 is 5.63. The summed E-state index contributed by atoms with van der Waals surface area (Å²) in [6.07, 6.45) is 5.69. The highest BCUT2D eigenvalue weighted by Gasteiger charge is 2.20. The van der Waals surface area contributed by atoms with Gasteiger partial charge < -0.3 is 15.0 Å². The van der Waals surface area contributed by atoms with Crippen LogP contribution in [0.2, 0.25) is 0 Å². The minimum Gasteiger partial charge on any atom is -0.377 e. The Hall–Kier alpha value is -0.120. The van der Waals surface area contributed by atoms with Crippen LogP contribution in [0, 0.1) is 0 Å². The Labute approximate surface area is 93.2 Å². The molecule has 1 unspecified atom stereocenters. The molecule has 0 aromatic carbocycles. The monoisotopic (exact) mass is 212 g/mol. The highest BCUT2D eigenvalue weighted by atomic mass is 16.5. The first kappa shape index (κ1) is 11.4. The molecule has 15 heavy (non-hydrogen) atoms. The average Bonchev–Trinajstić information content (AvgIpc) is 3.01. The minimum absolute atomic E-state index is 0.420. The first-order valence-corrected chi connectivity index (χ1v) is 6.42. The third-order valence-corrected chi connectivity index (χ3v) is 3.20. The molecule has 1 N–H and O–H groups in total. The second kappa shape index (κ2) is 5.83. The molecule has 0 aromatic heterocycles. The molecule has 1 aliphatic heterocycles. The fraction of sp³-hybridized carbons (Fsp3) is 1.00. The number of nitrogens with zero attached hydrogens (tertiary/aromatic N) is 1. The highest BCUT2D eigenvalue weighted by molar-refractivity contribution is 4.80. The molecule has 0 spiro atoms. The second-order valence-electron chi connectivity index (χ2n) is 4.92. The summed E-state index contributed by atoms with van der Waals surface area (Å²) in [6.45, 7) is 7.87. The van der Waals surface area contributed by atoms with Crippen LogP contribution >= 0.6 is 0 Å². The van der Waals surface area contributed by atoms with Crippen molar-refractivity contribution >= 4 is 0 Å². The number of nitrogens with one attached hydrogen (secondary N) is 1. The highest BCUT2D eigenvalue weighted by Crippen LogP contribution is 2.18. The molecule has 2 rings (SSSR count). The Bertz CT molecular complexity index is 182. The number of hydrogen-bond acceptors (Lipinski definition) is 3. The maximum Gasteiger partial charge on any atom is 0.0673 e. The zero-order valence-corrected chi connectivity index (χ0v) is 9.87. The van der Waals surface area contributed by atoms with E-state index < -0.39 is 0 Å². The van der Waals surface area contributed by atoms with Crippen LogP contribution in [-0.2, 0) is 4.74 Å². The molecule has 1 aliphatic carbocycles. The Morgan fingerprint density at radius 3 is 3.07 bits per heavy atom. The van der Waals surface area contributed by atoms with Crippen LogP contribution in [0.3, 0.4) is 0 Å². The molecule has 0 radical (unpaired) electrons. The molecule has 1 saturated heterocycles. The van der Waals surface area contributed by atoms with Crippen molar-refractivity contribution in [2.24, 2.45) is 0 Å². The first-order valence-electron chi connectivity index (χ1n) is 6.42. The number of ether oxygens (including phenoxy) is 1. The SMILES string of the molecule is CC1CN(CCCNC2CC2)CCCO1. The van der Waals surface area contributed by atoms with E-state index in [2.05, 4.69) is 17.1 Å². The van der Waals surface area contributed by atoms with E-state index >= 15 is 0 Å². The van der Waals surface area contributed by atoms with Crippen LogP contribution in [0.4, 0.5) is 0 Å². The zero-order valence-electron chi connectivity index (χ0n) is 9.87. The van der Waals surface area contributed by atoms with E-state index in [1.165, 1.54) is 45.3 Å². The molecule has 1 saturated carbocycles. The van der Waals surface area contributed by atoms with E-state index in [1.54, 1.807) is 0 Å². The number of hydrogen-bond donors (Lipinski definition) is 1. The van der Waals surface area contributed by atoms with Crippen molar-refractivity contribution in [3.8, 4) is 0 Å². The van der Waals surface area contributed by atoms with E-state index in [0.717, 1.165) is 19.2 Å². The Morgan fingerprint density at radius 1 is 1.40 bits per heavy atom. The summed E-state index contributed by atoms with van der Waals surface area (Å²) in [5.74, 6) is 0. The van der Waals surface area contributed by atoms with Crippen molar-refractivity contribution in [3.63, 3.8) is 0 Å². The van der Waals surface area contributed by atoms with Gasteiger partial charge in [-0.25, -0.2) is 0 Å². The van der Waals surface area contributed by atoms with Crippen LogP contribution in [0.1, 0.15) is 32.6 Å². The molecule has 88 valence electrons. The molecule has 3 nitrogen and oxygen atoms in total.